The molecule has 4 heteroatoms. The lowest BCUT2D eigenvalue weighted by Crippen LogP contribution is -2.33. The normalized spacial score (nSPS) is 19.9. The molecular formula is C13H16BrNOS. The van der Waals surface area contributed by atoms with E-state index in [0.29, 0.717) is 6.54 Å². The zero-order valence-corrected chi connectivity index (χ0v) is 12.0. The zero-order chi connectivity index (χ0) is 12.1. The minimum atomic E-state index is 0.166. The first-order valence-corrected chi connectivity index (χ1v) is 7.73. The summed E-state index contributed by atoms with van der Waals surface area (Å²) in [5, 5.41) is 3.18. The van der Waals surface area contributed by atoms with E-state index in [9.17, 15) is 4.79 Å². The molecule has 1 aliphatic rings. The minimum absolute atomic E-state index is 0.166. The van der Waals surface area contributed by atoms with Crippen molar-refractivity contribution < 1.29 is 4.79 Å². The van der Waals surface area contributed by atoms with Crippen LogP contribution in [0.4, 0.5) is 0 Å². The lowest BCUT2D eigenvalue weighted by atomic mass is 10.1. The highest BCUT2D eigenvalue weighted by Crippen LogP contribution is 2.25. The number of amides is 1. The van der Waals surface area contributed by atoms with Crippen LogP contribution in [0.25, 0.3) is 0 Å². The first kappa shape index (κ1) is 13.0. The summed E-state index contributed by atoms with van der Waals surface area (Å²) < 4.78 is 1.07. The molecule has 1 fully saturated rings. The summed E-state index contributed by atoms with van der Waals surface area (Å²) in [5.41, 5.74) is 1.14. The highest BCUT2D eigenvalue weighted by atomic mass is 79.9. The van der Waals surface area contributed by atoms with Crippen LogP contribution in [0.5, 0.6) is 0 Å². The van der Waals surface area contributed by atoms with Crippen LogP contribution in [0, 0.1) is 0 Å². The Balaban J connectivity index is 1.81. The molecule has 2 nitrogen and oxygen atoms in total. The summed E-state index contributed by atoms with van der Waals surface area (Å²) in [6.45, 7) is 0.628. The molecule has 1 saturated heterocycles. The molecule has 1 unspecified atom stereocenters. The van der Waals surface area contributed by atoms with Crippen molar-refractivity contribution in [2.24, 2.45) is 0 Å². The van der Waals surface area contributed by atoms with Gasteiger partial charge in [0, 0.05) is 11.0 Å². The van der Waals surface area contributed by atoms with Crippen molar-refractivity contribution in [2.45, 2.75) is 31.1 Å². The second-order valence-corrected chi connectivity index (χ2v) is 6.43. The van der Waals surface area contributed by atoms with E-state index in [1.54, 1.807) is 11.8 Å². The quantitative estimate of drug-likeness (QED) is 0.927. The molecular weight excluding hydrogens is 298 g/mol. The molecule has 0 bridgehead atoms. The fraction of sp³-hybridized carbons (Fsp3) is 0.462. The molecule has 1 amide bonds. The van der Waals surface area contributed by atoms with Gasteiger partial charge >= 0.3 is 0 Å². The van der Waals surface area contributed by atoms with E-state index >= 15 is 0 Å². The molecule has 0 radical (unpaired) electrons. The number of rotatable bonds is 3. The number of thioether (sulfide) groups is 1. The molecule has 0 spiro atoms. The summed E-state index contributed by atoms with van der Waals surface area (Å²) in [5.74, 6) is 1.31. The fourth-order valence-corrected chi connectivity index (χ4v) is 3.34. The largest absolute Gasteiger partial charge is 0.351 e. The van der Waals surface area contributed by atoms with Gasteiger partial charge in [-0.1, -0.05) is 34.5 Å². The Kier molecular flexibility index (Phi) is 4.92. The van der Waals surface area contributed by atoms with Crippen LogP contribution in [0.3, 0.4) is 0 Å². The van der Waals surface area contributed by atoms with Crippen LogP contribution in [-0.2, 0) is 11.3 Å². The predicted octanol–water partition coefficient (Wildman–Crippen LogP) is 3.35. The number of benzene rings is 1. The van der Waals surface area contributed by atoms with Crippen LogP contribution >= 0.6 is 27.7 Å². The maximum atomic E-state index is 11.9. The van der Waals surface area contributed by atoms with E-state index in [1.807, 2.05) is 24.3 Å². The number of halogens is 1. The van der Waals surface area contributed by atoms with Gasteiger partial charge in [0.25, 0.3) is 0 Å². The third-order valence-electron chi connectivity index (χ3n) is 2.85. The maximum absolute atomic E-state index is 11.9. The molecule has 1 aromatic rings. The molecule has 2 rings (SSSR count). The van der Waals surface area contributed by atoms with Crippen LogP contribution < -0.4 is 5.32 Å². The summed E-state index contributed by atoms with van der Waals surface area (Å²) in [4.78, 5) is 11.9. The highest BCUT2D eigenvalue weighted by Gasteiger charge is 2.21. The number of nitrogens with one attached hydrogen (secondary N) is 1. The summed E-state index contributed by atoms with van der Waals surface area (Å²) in [6.07, 6.45) is 3.46. The molecule has 0 aromatic heterocycles. The number of carbonyl (C=O) groups is 1. The molecule has 0 saturated carbocycles. The predicted molar refractivity (Wildman–Crippen MR) is 76.1 cm³/mol. The Hall–Kier alpha value is -0.480. The Morgan fingerprint density at radius 3 is 2.76 bits per heavy atom. The van der Waals surface area contributed by atoms with E-state index in [1.165, 1.54) is 12.8 Å². The second-order valence-electron chi connectivity index (χ2n) is 4.20. The summed E-state index contributed by atoms with van der Waals surface area (Å²) in [6, 6.07) is 8.05. The van der Waals surface area contributed by atoms with Gasteiger partial charge in [-0.2, -0.15) is 0 Å². The van der Waals surface area contributed by atoms with Gasteiger partial charge in [0.1, 0.15) is 0 Å². The minimum Gasteiger partial charge on any atom is -0.351 e. The van der Waals surface area contributed by atoms with Gasteiger partial charge in [-0.15, -0.1) is 11.8 Å². The van der Waals surface area contributed by atoms with E-state index < -0.39 is 0 Å². The van der Waals surface area contributed by atoms with Crippen molar-refractivity contribution in [3.63, 3.8) is 0 Å². The zero-order valence-electron chi connectivity index (χ0n) is 9.62. The van der Waals surface area contributed by atoms with E-state index in [4.69, 9.17) is 0 Å². The monoisotopic (exact) mass is 313 g/mol. The van der Waals surface area contributed by atoms with Crippen LogP contribution in [-0.4, -0.2) is 16.9 Å². The number of hydrogen-bond acceptors (Lipinski definition) is 2. The number of carbonyl (C=O) groups excluding carboxylic acids is 1. The van der Waals surface area contributed by atoms with Gasteiger partial charge in [-0.3, -0.25) is 4.79 Å². The van der Waals surface area contributed by atoms with Crippen LogP contribution in [0.1, 0.15) is 24.8 Å². The van der Waals surface area contributed by atoms with Gasteiger partial charge in [-0.05, 0) is 36.3 Å². The average Bonchev–Trinajstić information content (AvgIpc) is 2.39. The maximum Gasteiger partial charge on any atom is 0.233 e. The molecule has 1 atom stereocenters. The van der Waals surface area contributed by atoms with Crippen molar-refractivity contribution in [1.82, 2.24) is 5.32 Å². The Labute approximate surface area is 115 Å². The van der Waals surface area contributed by atoms with Gasteiger partial charge in [0.15, 0.2) is 0 Å². The van der Waals surface area contributed by atoms with Crippen LogP contribution in [0.15, 0.2) is 28.7 Å². The first-order valence-electron chi connectivity index (χ1n) is 5.89. The molecule has 1 aliphatic heterocycles. The SMILES string of the molecule is O=C(NCc1ccc(Br)cc1)C1CCCCS1. The van der Waals surface area contributed by atoms with Crippen LogP contribution in [0.2, 0.25) is 0 Å². The Morgan fingerprint density at radius 1 is 1.35 bits per heavy atom. The first-order chi connectivity index (χ1) is 8.25. The average molecular weight is 314 g/mol. The molecule has 1 N–H and O–H groups in total. The highest BCUT2D eigenvalue weighted by molar-refractivity contribution is 9.10. The Bertz CT molecular complexity index is 374. The van der Waals surface area contributed by atoms with E-state index in [2.05, 4.69) is 21.2 Å². The van der Waals surface area contributed by atoms with Gasteiger partial charge in [-0.25, -0.2) is 0 Å². The number of hydrogen-bond donors (Lipinski definition) is 1. The van der Waals surface area contributed by atoms with Gasteiger partial charge < -0.3 is 5.32 Å². The third kappa shape index (κ3) is 4.03. The smallest absolute Gasteiger partial charge is 0.233 e. The second kappa shape index (κ2) is 6.45. The lowest BCUT2D eigenvalue weighted by molar-refractivity contribution is -0.120. The summed E-state index contributed by atoms with van der Waals surface area (Å²) >= 11 is 5.19. The Morgan fingerprint density at radius 2 is 2.12 bits per heavy atom. The van der Waals surface area contributed by atoms with Crippen molar-refractivity contribution >= 4 is 33.6 Å². The topological polar surface area (TPSA) is 29.1 Å². The molecule has 17 heavy (non-hydrogen) atoms. The van der Waals surface area contributed by atoms with Crippen molar-refractivity contribution in [3.05, 3.63) is 34.3 Å². The molecule has 1 aromatic carbocycles. The summed E-state index contributed by atoms with van der Waals surface area (Å²) in [7, 11) is 0. The lowest BCUT2D eigenvalue weighted by Gasteiger charge is -2.20. The molecule has 0 aliphatic carbocycles. The van der Waals surface area contributed by atoms with Crippen molar-refractivity contribution in [2.75, 3.05) is 5.75 Å². The standard InChI is InChI=1S/C13H16BrNOS/c14-11-6-4-10(5-7-11)9-15-13(16)12-3-1-2-8-17-12/h4-7,12H,1-3,8-9H2,(H,15,16). The fourth-order valence-electron chi connectivity index (χ4n) is 1.85. The molecule has 92 valence electrons. The van der Waals surface area contributed by atoms with Gasteiger partial charge in [0.2, 0.25) is 5.91 Å². The van der Waals surface area contributed by atoms with E-state index in [-0.39, 0.29) is 11.2 Å². The molecule has 1 heterocycles. The van der Waals surface area contributed by atoms with Gasteiger partial charge in [0.05, 0.1) is 5.25 Å². The van der Waals surface area contributed by atoms with Crippen molar-refractivity contribution in [1.29, 1.82) is 0 Å². The third-order valence-corrected chi connectivity index (χ3v) is 4.76. The van der Waals surface area contributed by atoms with E-state index in [0.717, 1.165) is 22.2 Å². The van der Waals surface area contributed by atoms with Crippen molar-refractivity contribution in [3.8, 4) is 0 Å².